The van der Waals surface area contributed by atoms with Crippen molar-refractivity contribution in [3.05, 3.63) is 29.4 Å². The van der Waals surface area contributed by atoms with Gasteiger partial charge in [0.1, 0.15) is 5.75 Å². The Morgan fingerprint density at radius 3 is 2.67 bits per heavy atom. The Bertz CT molecular complexity index is 604. The van der Waals surface area contributed by atoms with E-state index in [9.17, 15) is 0 Å². The predicted molar refractivity (Wildman–Crippen MR) is 84.7 cm³/mol. The van der Waals surface area contributed by atoms with Crippen molar-refractivity contribution in [2.24, 2.45) is 0 Å². The second-order valence-corrected chi connectivity index (χ2v) is 4.70. The van der Waals surface area contributed by atoms with E-state index in [1.54, 1.807) is 25.4 Å². The number of methoxy groups -OCH3 is 1. The van der Waals surface area contributed by atoms with Gasteiger partial charge < -0.3 is 15.0 Å². The van der Waals surface area contributed by atoms with Crippen molar-refractivity contribution < 1.29 is 4.74 Å². The molecule has 2 rings (SSSR count). The van der Waals surface area contributed by atoms with Gasteiger partial charge in [-0.15, -0.1) is 5.10 Å². The Kier molecular flexibility index (Phi) is 5.16. The lowest BCUT2D eigenvalue weighted by Gasteiger charge is -2.18. The maximum atomic E-state index is 6.10. The van der Waals surface area contributed by atoms with E-state index >= 15 is 0 Å². The number of benzene rings is 1. The Morgan fingerprint density at radius 2 is 2.05 bits per heavy atom. The summed E-state index contributed by atoms with van der Waals surface area (Å²) in [6, 6.07) is 5.44. The van der Waals surface area contributed by atoms with Gasteiger partial charge >= 0.3 is 0 Å². The van der Waals surface area contributed by atoms with E-state index < -0.39 is 0 Å². The number of aromatic nitrogens is 3. The molecule has 0 bridgehead atoms. The van der Waals surface area contributed by atoms with Crippen LogP contribution in [0.3, 0.4) is 0 Å². The van der Waals surface area contributed by atoms with E-state index in [-0.39, 0.29) is 0 Å². The molecular formula is C14H18ClN5O. The quantitative estimate of drug-likeness (QED) is 0.884. The van der Waals surface area contributed by atoms with Crippen LogP contribution in [-0.2, 0) is 0 Å². The van der Waals surface area contributed by atoms with Gasteiger partial charge in [-0.2, -0.15) is 10.1 Å². The third-order valence-corrected chi connectivity index (χ3v) is 3.31. The molecule has 7 heteroatoms. The highest BCUT2D eigenvalue weighted by atomic mass is 35.5. The minimum Gasteiger partial charge on any atom is -0.495 e. The SMILES string of the molecule is CCN(CC)c1nncc(Nc2ccc(OC)c(Cl)c2)n1. The first-order valence-electron chi connectivity index (χ1n) is 6.73. The maximum Gasteiger partial charge on any atom is 0.247 e. The lowest BCUT2D eigenvalue weighted by molar-refractivity contribution is 0.415. The van der Waals surface area contributed by atoms with Gasteiger partial charge in [-0.05, 0) is 32.0 Å². The highest BCUT2D eigenvalue weighted by Gasteiger charge is 2.08. The van der Waals surface area contributed by atoms with Crippen molar-refractivity contribution in [1.82, 2.24) is 15.2 Å². The molecule has 0 aliphatic rings. The van der Waals surface area contributed by atoms with Crippen molar-refractivity contribution in [3.8, 4) is 5.75 Å². The lowest BCUT2D eigenvalue weighted by atomic mass is 10.3. The number of nitrogens with zero attached hydrogens (tertiary/aromatic N) is 4. The van der Waals surface area contributed by atoms with Crippen LogP contribution in [0.5, 0.6) is 5.75 Å². The van der Waals surface area contributed by atoms with Crippen LogP contribution in [0.1, 0.15) is 13.8 Å². The zero-order chi connectivity index (χ0) is 15.2. The van der Waals surface area contributed by atoms with E-state index in [1.165, 1.54) is 0 Å². The summed E-state index contributed by atoms with van der Waals surface area (Å²) in [6.07, 6.45) is 1.57. The molecular weight excluding hydrogens is 290 g/mol. The van der Waals surface area contributed by atoms with E-state index in [1.807, 2.05) is 11.0 Å². The topological polar surface area (TPSA) is 63.2 Å². The smallest absolute Gasteiger partial charge is 0.247 e. The number of hydrogen-bond donors (Lipinski definition) is 1. The number of anilines is 3. The first-order chi connectivity index (χ1) is 10.2. The highest BCUT2D eigenvalue weighted by Crippen LogP contribution is 2.28. The van der Waals surface area contributed by atoms with Crippen LogP contribution in [0, 0.1) is 0 Å². The predicted octanol–water partition coefficient (Wildman–Crippen LogP) is 3.12. The molecule has 0 fully saturated rings. The fraction of sp³-hybridized carbons (Fsp3) is 0.357. The molecule has 1 aromatic carbocycles. The first kappa shape index (κ1) is 15.3. The van der Waals surface area contributed by atoms with Crippen LogP contribution >= 0.6 is 11.6 Å². The third kappa shape index (κ3) is 3.72. The molecule has 0 saturated heterocycles. The van der Waals surface area contributed by atoms with Crippen LogP contribution in [0.4, 0.5) is 17.5 Å². The van der Waals surface area contributed by atoms with Crippen molar-refractivity contribution in [2.75, 3.05) is 30.4 Å². The fourth-order valence-corrected chi connectivity index (χ4v) is 2.14. The number of hydrogen-bond acceptors (Lipinski definition) is 6. The number of rotatable bonds is 6. The van der Waals surface area contributed by atoms with E-state index in [4.69, 9.17) is 16.3 Å². The highest BCUT2D eigenvalue weighted by molar-refractivity contribution is 6.32. The minimum absolute atomic E-state index is 0.536. The van der Waals surface area contributed by atoms with Gasteiger partial charge in [-0.3, -0.25) is 0 Å². The molecule has 2 aromatic rings. The molecule has 0 unspecified atom stereocenters. The average Bonchev–Trinajstić information content (AvgIpc) is 2.49. The number of nitrogens with one attached hydrogen (secondary N) is 1. The van der Waals surface area contributed by atoms with Crippen LogP contribution in [-0.4, -0.2) is 35.4 Å². The molecule has 0 radical (unpaired) electrons. The summed E-state index contributed by atoms with van der Waals surface area (Å²) >= 11 is 6.10. The van der Waals surface area contributed by atoms with Crippen molar-refractivity contribution in [3.63, 3.8) is 0 Å². The van der Waals surface area contributed by atoms with Crippen LogP contribution in [0.15, 0.2) is 24.4 Å². The summed E-state index contributed by atoms with van der Waals surface area (Å²) in [4.78, 5) is 6.48. The van der Waals surface area contributed by atoms with Gasteiger partial charge in [0.05, 0.1) is 18.3 Å². The molecule has 0 amide bonds. The average molecular weight is 308 g/mol. The second-order valence-electron chi connectivity index (χ2n) is 4.29. The molecule has 0 atom stereocenters. The molecule has 0 saturated carbocycles. The summed E-state index contributed by atoms with van der Waals surface area (Å²) in [6.45, 7) is 5.76. The Morgan fingerprint density at radius 1 is 1.29 bits per heavy atom. The molecule has 0 aliphatic carbocycles. The van der Waals surface area contributed by atoms with Gasteiger partial charge in [0.2, 0.25) is 5.95 Å². The zero-order valence-electron chi connectivity index (χ0n) is 12.3. The summed E-state index contributed by atoms with van der Waals surface area (Å²) < 4.78 is 5.13. The van der Waals surface area contributed by atoms with Crippen LogP contribution in [0.25, 0.3) is 0 Å². The standard InChI is InChI=1S/C14H18ClN5O/c1-4-20(5-2)14-18-13(9-16-19-14)17-10-6-7-12(21-3)11(15)8-10/h6-9H,4-5H2,1-3H3,(H,17,18,19). The normalized spacial score (nSPS) is 10.3. The van der Waals surface area contributed by atoms with E-state index in [0.29, 0.717) is 22.5 Å². The largest absolute Gasteiger partial charge is 0.495 e. The molecule has 21 heavy (non-hydrogen) atoms. The van der Waals surface area contributed by atoms with Crippen LogP contribution < -0.4 is 15.0 Å². The first-order valence-corrected chi connectivity index (χ1v) is 7.11. The lowest BCUT2D eigenvalue weighted by Crippen LogP contribution is -2.24. The summed E-state index contributed by atoms with van der Waals surface area (Å²) in [7, 11) is 1.58. The Balaban J connectivity index is 2.19. The Hall–Kier alpha value is -2.08. The summed E-state index contributed by atoms with van der Waals surface area (Å²) in [5.41, 5.74) is 0.812. The number of halogens is 1. The monoisotopic (exact) mass is 307 g/mol. The summed E-state index contributed by atoms with van der Waals surface area (Å²) in [5, 5.41) is 11.7. The van der Waals surface area contributed by atoms with E-state index in [2.05, 4.69) is 34.3 Å². The molecule has 6 nitrogen and oxygen atoms in total. The van der Waals surface area contributed by atoms with Crippen molar-refractivity contribution in [2.45, 2.75) is 13.8 Å². The van der Waals surface area contributed by atoms with E-state index in [0.717, 1.165) is 18.8 Å². The molecule has 1 heterocycles. The fourth-order valence-electron chi connectivity index (χ4n) is 1.89. The minimum atomic E-state index is 0.536. The second kappa shape index (κ2) is 7.08. The van der Waals surface area contributed by atoms with Crippen molar-refractivity contribution in [1.29, 1.82) is 0 Å². The van der Waals surface area contributed by atoms with Crippen molar-refractivity contribution >= 4 is 29.1 Å². The van der Waals surface area contributed by atoms with Gasteiger partial charge in [0.15, 0.2) is 5.82 Å². The number of ether oxygens (including phenoxy) is 1. The van der Waals surface area contributed by atoms with Gasteiger partial charge in [-0.1, -0.05) is 11.6 Å². The summed E-state index contributed by atoms with van der Waals surface area (Å²) in [5.74, 6) is 1.85. The van der Waals surface area contributed by atoms with Gasteiger partial charge in [0, 0.05) is 18.8 Å². The molecule has 0 spiro atoms. The Labute approximate surface area is 129 Å². The zero-order valence-corrected chi connectivity index (χ0v) is 13.1. The third-order valence-electron chi connectivity index (χ3n) is 3.02. The maximum absolute atomic E-state index is 6.10. The van der Waals surface area contributed by atoms with Gasteiger partial charge in [0.25, 0.3) is 0 Å². The molecule has 112 valence electrons. The molecule has 1 N–H and O–H groups in total. The van der Waals surface area contributed by atoms with Gasteiger partial charge in [-0.25, -0.2) is 0 Å². The molecule has 0 aliphatic heterocycles. The molecule has 1 aromatic heterocycles. The van der Waals surface area contributed by atoms with Crippen LogP contribution in [0.2, 0.25) is 5.02 Å².